The molecule has 3 rings (SSSR count). The fourth-order valence-electron chi connectivity index (χ4n) is 2.94. The molecule has 1 aromatic carbocycles. The first-order chi connectivity index (χ1) is 12.5. The van der Waals surface area contributed by atoms with Gasteiger partial charge in [0.05, 0.1) is 6.54 Å². The molecule has 0 saturated carbocycles. The lowest BCUT2D eigenvalue weighted by molar-refractivity contribution is -0.135. The van der Waals surface area contributed by atoms with Crippen LogP contribution in [0.4, 0.5) is 4.79 Å². The number of nitrogens with zero attached hydrogens (tertiary/aromatic N) is 1. The van der Waals surface area contributed by atoms with Gasteiger partial charge >= 0.3 is 6.03 Å². The Balaban J connectivity index is 1.73. The molecule has 1 aliphatic heterocycles. The van der Waals surface area contributed by atoms with Crippen LogP contribution >= 0.6 is 22.9 Å². The van der Waals surface area contributed by atoms with Gasteiger partial charge in [-0.25, -0.2) is 4.79 Å². The van der Waals surface area contributed by atoms with Crippen LogP contribution in [0.3, 0.4) is 0 Å². The van der Waals surface area contributed by atoms with E-state index >= 15 is 0 Å². The lowest BCUT2D eigenvalue weighted by Gasteiger charge is -2.25. The number of carbonyl (C=O) groups is 3. The molecule has 0 spiro atoms. The van der Waals surface area contributed by atoms with Crippen LogP contribution < -0.4 is 10.6 Å². The molecule has 0 unspecified atom stereocenters. The molecule has 4 amide bonds. The van der Waals surface area contributed by atoms with Gasteiger partial charge in [-0.05, 0) is 35.6 Å². The molecule has 2 aromatic rings. The fraction of sp³-hybridized carbons (Fsp3) is 0.278. The third-order valence-electron chi connectivity index (χ3n) is 4.38. The number of thiophene rings is 1. The molecule has 0 radical (unpaired) electrons. The van der Waals surface area contributed by atoms with Crippen molar-refractivity contribution >= 4 is 40.8 Å². The number of benzene rings is 1. The Morgan fingerprint density at radius 1 is 1.27 bits per heavy atom. The van der Waals surface area contributed by atoms with Gasteiger partial charge in [0.25, 0.3) is 5.91 Å². The largest absolute Gasteiger partial charge is 0.350 e. The minimum absolute atomic E-state index is 0.314. The SMILES string of the molecule is CC[C@]1(c2ccc(Cl)cc2)NC(=O)N(CC(=O)NCc2cccs2)C1=O. The monoisotopic (exact) mass is 391 g/mol. The Kier molecular flexibility index (Phi) is 5.29. The Morgan fingerprint density at radius 3 is 2.62 bits per heavy atom. The average molecular weight is 392 g/mol. The Hall–Kier alpha value is -2.38. The van der Waals surface area contributed by atoms with Crippen molar-refractivity contribution in [1.82, 2.24) is 15.5 Å². The molecule has 1 saturated heterocycles. The maximum absolute atomic E-state index is 13.0. The van der Waals surface area contributed by atoms with Gasteiger partial charge in [-0.3, -0.25) is 14.5 Å². The van der Waals surface area contributed by atoms with Crippen molar-refractivity contribution in [2.45, 2.75) is 25.4 Å². The van der Waals surface area contributed by atoms with Crippen LogP contribution in [-0.4, -0.2) is 29.3 Å². The van der Waals surface area contributed by atoms with Gasteiger partial charge in [0.1, 0.15) is 12.1 Å². The minimum atomic E-state index is -1.17. The second kappa shape index (κ2) is 7.47. The van der Waals surface area contributed by atoms with E-state index in [0.29, 0.717) is 23.6 Å². The summed E-state index contributed by atoms with van der Waals surface area (Å²) >= 11 is 7.44. The summed E-state index contributed by atoms with van der Waals surface area (Å²) in [4.78, 5) is 39.4. The molecule has 1 fully saturated rings. The molecule has 6 nitrogen and oxygen atoms in total. The van der Waals surface area contributed by atoms with E-state index < -0.39 is 17.5 Å². The molecule has 26 heavy (non-hydrogen) atoms. The summed E-state index contributed by atoms with van der Waals surface area (Å²) in [6.07, 6.45) is 0.368. The average Bonchev–Trinajstić information content (AvgIpc) is 3.23. The zero-order valence-electron chi connectivity index (χ0n) is 14.1. The van der Waals surface area contributed by atoms with Crippen LogP contribution in [0.25, 0.3) is 0 Å². The van der Waals surface area contributed by atoms with Crippen LogP contribution in [0.5, 0.6) is 0 Å². The molecule has 2 heterocycles. The van der Waals surface area contributed by atoms with E-state index in [1.165, 1.54) is 11.3 Å². The molecular formula is C18H18ClN3O3S. The van der Waals surface area contributed by atoms with Crippen LogP contribution in [0, 0.1) is 0 Å². The van der Waals surface area contributed by atoms with Crippen molar-refractivity contribution in [2.75, 3.05) is 6.54 Å². The van der Waals surface area contributed by atoms with Crippen molar-refractivity contribution in [3.63, 3.8) is 0 Å². The normalized spacial score (nSPS) is 19.5. The topological polar surface area (TPSA) is 78.5 Å². The molecule has 1 aliphatic rings. The first kappa shape index (κ1) is 18.4. The van der Waals surface area contributed by atoms with E-state index in [1.807, 2.05) is 24.4 Å². The van der Waals surface area contributed by atoms with Crippen molar-refractivity contribution in [2.24, 2.45) is 0 Å². The molecule has 0 bridgehead atoms. The Morgan fingerprint density at radius 2 is 2.00 bits per heavy atom. The lowest BCUT2D eigenvalue weighted by atomic mass is 9.87. The molecule has 1 atom stereocenters. The maximum atomic E-state index is 13.0. The number of halogens is 1. The molecule has 8 heteroatoms. The van der Waals surface area contributed by atoms with Crippen LogP contribution in [0.2, 0.25) is 5.02 Å². The smallest absolute Gasteiger partial charge is 0.325 e. The van der Waals surface area contributed by atoms with E-state index in [4.69, 9.17) is 11.6 Å². The van der Waals surface area contributed by atoms with Crippen molar-refractivity contribution in [3.05, 3.63) is 57.2 Å². The molecule has 1 aromatic heterocycles. The number of carbonyl (C=O) groups excluding carboxylic acids is 3. The van der Waals surface area contributed by atoms with E-state index in [0.717, 1.165) is 9.78 Å². The molecular weight excluding hydrogens is 374 g/mol. The van der Waals surface area contributed by atoms with Gasteiger partial charge < -0.3 is 10.6 Å². The second-order valence-electron chi connectivity index (χ2n) is 5.94. The number of rotatable bonds is 6. The Bertz CT molecular complexity index is 823. The van der Waals surface area contributed by atoms with E-state index in [9.17, 15) is 14.4 Å². The number of nitrogens with one attached hydrogen (secondary N) is 2. The molecule has 136 valence electrons. The predicted molar refractivity (Wildman–Crippen MR) is 99.8 cm³/mol. The van der Waals surface area contributed by atoms with Gasteiger partial charge in [0, 0.05) is 9.90 Å². The predicted octanol–water partition coefficient (Wildman–Crippen LogP) is 2.88. The molecule has 0 aliphatic carbocycles. The standard InChI is InChI=1S/C18H18ClN3O3S/c1-2-18(12-5-7-13(19)8-6-12)16(24)22(17(25)21-18)11-15(23)20-10-14-4-3-9-26-14/h3-9H,2,10-11H2,1H3,(H,20,23)(H,21,25)/t18-/m1/s1. The van der Waals surface area contributed by atoms with Crippen LogP contribution in [0.15, 0.2) is 41.8 Å². The zero-order valence-corrected chi connectivity index (χ0v) is 15.7. The first-order valence-corrected chi connectivity index (χ1v) is 9.41. The number of imide groups is 1. The highest BCUT2D eigenvalue weighted by Gasteiger charge is 2.51. The van der Waals surface area contributed by atoms with Gasteiger partial charge in [0.15, 0.2) is 0 Å². The minimum Gasteiger partial charge on any atom is -0.350 e. The van der Waals surface area contributed by atoms with E-state index in [2.05, 4.69) is 10.6 Å². The van der Waals surface area contributed by atoms with Crippen molar-refractivity contribution < 1.29 is 14.4 Å². The summed E-state index contributed by atoms with van der Waals surface area (Å²) < 4.78 is 0. The third kappa shape index (κ3) is 3.45. The van der Waals surface area contributed by atoms with Gasteiger partial charge in [0.2, 0.25) is 5.91 Å². The lowest BCUT2D eigenvalue weighted by Crippen LogP contribution is -2.44. The van der Waals surface area contributed by atoms with Gasteiger partial charge in [-0.15, -0.1) is 11.3 Å². The third-order valence-corrected chi connectivity index (χ3v) is 5.51. The summed E-state index contributed by atoms with van der Waals surface area (Å²) in [5, 5.41) is 7.93. The summed E-state index contributed by atoms with van der Waals surface area (Å²) in [6, 6.07) is 9.99. The number of hydrogen-bond donors (Lipinski definition) is 2. The highest BCUT2D eigenvalue weighted by atomic mass is 35.5. The highest BCUT2D eigenvalue weighted by molar-refractivity contribution is 7.09. The summed E-state index contributed by atoms with van der Waals surface area (Å²) in [7, 11) is 0. The van der Waals surface area contributed by atoms with Crippen LogP contribution in [0.1, 0.15) is 23.8 Å². The van der Waals surface area contributed by atoms with Crippen molar-refractivity contribution in [1.29, 1.82) is 0 Å². The Labute approximate surface area is 160 Å². The zero-order chi connectivity index (χ0) is 18.7. The highest BCUT2D eigenvalue weighted by Crippen LogP contribution is 2.32. The number of urea groups is 1. The van der Waals surface area contributed by atoms with Gasteiger partial charge in [-0.2, -0.15) is 0 Å². The summed E-state index contributed by atoms with van der Waals surface area (Å²) in [5.74, 6) is -0.816. The number of hydrogen-bond acceptors (Lipinski definition) is 4. The fourth-order valence-corrected chi connectivity index (χ4v) is 3.71. The maximum Gasteiger partial charge on any atom is 0.325 e. The summed E-state index contributed by atoms with van der Waals surface area (Å²) in [6.45, 7) is 1.87. The van der Waals surface area contributed by atoms with Gasteiger partial charge in [-0.1, -0.05) is 36.7 Å². The van der Waals surface area contributed by atoms with Crippen LogP contribution in [-0.2, 0) is 21.7 Å². The first-order valence-electron chi connectivity index (χ1n) is 8.15. The number of amides is 4. The van der Waals surface area contributed by atoms with E-state index in [-0.39, 0.29) is 12.5 Å². The van der Waals surface area contributed by atoms with Crippen molar-refractivity contribution in [3.8, 4) is 0 Å². The second-order valence-corrected chi connectivity index (χ2v) is 7.41. The summed E-state index contributed by atoms with van der Waals surface area (Å²) in [5.41, 5.74) is -0.528. The quantitative estimate of drug-likeness (QED) is 0.743. The van der Waals surface area contributed by atoms with E-state index in [1.54, 1.807) is 24.3 Å². The molecule has 2 N–H and O–H groups in total.